The van der Waals surface area contributed by atoms with Gasteiger partial charge in [0.25, 0.3) is 0 Å². The summed E-state index contributed by atoms with van der Waals surface area (Å²) in [5.74, 6) is 1.79. The maximum atomic E-state index is 4.96. The summed E-state index contributed by atoms with van der Waals surface area (Å²) in [6.07, 6.45) is 3.61. The monoisotopic (exact) mass is 388 g/mol. The lowest BCUT2D eigenvalue weighted by Crippen LogP contribution is -3.13. The van der Waals surface area contributed by atoms with Crippen molar-refractivity contribution in [2.24, 2.45) is 0 Å². The van der Waals surface area contributed by atoms with E-state index in [0.29, 0.717) is 0 Å². The Bertz CT molecular complexity index is 1060. The van der Waals surface area contributed by atoms with E-state index in [9.17, 15) is 0 Å². The van der Waals surface area contributed by atoms with Crippen LogP contribution >= 0.6 is 11.3 Å². The van der Waals surface area contributed by atoms with E-state index in [4.69, 9.17) is 9.97 Å². The molecule has 3 aromatic heterocycles. The highest BCUT2D eigenvalue weighted by atomic mass is 32.1. The molecule has 1 aromatic carbocycles. The molecule has 0 amide bonds. The number of fused-ring (bicyclic) bond motifs is 1. The van der Waals surface area contributed by atoms with E-state index in [0.717, 1.165) is 60.8 Å². The molecular weight excluding hydrogens is 366 g/mol. The summed E-state index contributed by atoms with van der Waals surface area (Å²) in [6.45, 7) is 5.39. The second-order valence-corrected chi connectivity index (χ2v) is 8.16. The third-order valence-corrected chi connectivity index (χ3v) is 6.15. The third-order valence-electron chi connectivity index (χ3n) is 5.28. The number of nitrogens with one attached hydrogen (secondary N) is 1. The molecule has 5 rings (SSSR count). The van der Waals surface area contributed by atoms with Crippen LogP contribution in [0, 0.1) is 0 Å². The van der Waals surface area contributed by atoms with E-state index < -0.39 is 0 Å². The fraction of sp³-hybridized carbons (Fsp3) is 0.227. The minimum Gasteiger partial charge on any atom is -0.345 e. The second kappa shape index (κ2) is 7.66. The first-order valence-electron chi connectivity index (χ1n) is 9.65. The predicted molar refractivity (Wildman–Crippen MR) is 114 cm³/mol. The van der Waals surface area contributed by atoms with Crippen molar-refractivity contribution >= 4 is 28.1 Å². The van der Waals surface area contributed by atoms with Gasteiger partial charge in [0, 0.05) is 23.3 Å². The molecule has 0 radical (unpaired) electrons. The summed E-state index contributed by atoms with van der Waals surface area (Å²) < 4.78 is 0. The molecule has 28 heavy (non-hydrogen) atoms. The van der Waals surface area contributed by atoms with Gasteiger partial charge in [-0.2, -0.15) is 0 Å². The normalized spacial score (nSPS) is 15.2. The fourth-order valence-electron chi connectivity index (χ4n) is 3.80. The topological polar surface area (TPSA) is 46.4 Å². The third kappa shape index (κ3) is 3.48. The molecule has 1 fully saturated rings. The maximum Gasteiger partial charge on any atom is 0.163 e. The Morgan fingerprint density at radius 2 is 1.86 bits per heavy atom. The molecule has 4 heterocycles. The molecule has 140 valence electrons. The van der Waals surface area contributed by atoms with E-state index in [-0.39, 0.29) is 0 Å². The van der Waals surface area contributed by atoms with Gasteiger partial charge in [-0.3, -0.25) is 4.98 Å². The molecular formula is C22H22N5S+. The van der Waals surface area contributed by atoms with Gasteiger partial charge in [-0.15, -0.1) is 11.3 Å². The summed E-state index contributed by atoms with van der Waals surface area (Å²) in [5, 5.41) is 3.29. The number of aromatic nitrogens is 3. The average Bonchev–Trinajstić information content (AvgIpc) is 3.27. The van der Waals surface area contributed by atoms with Crippen molar-refractivity contribution in [1.29, 1.82) is 0 Å². The van der Waals surface area contributed by atoms with Gasteiger partial charge in [0.15, 0.2) is 5.82 Å². The number of hydrogen-bond acceptors (Lipinski definition) is 5. The van der Waals surface area contributed by atoms with Crippen molar-refractivity contribution in [3.8, 4) is 11.4 Å². The minimum atomic E-state index is 0.746. The van der Waals surface area contributed by atoms with Crippen LogP contribution in [0.4, 0.5) is 5.82 Å². The van der Waals surface area contributed by atoms with Crippen molar-refractivity contribution in [2.45, 2.75) is 6.54 Å². The minimum absolute atomic E-state index is 0.746. The number of nitrogens with zero attached hydrogens (tertiary/aromatic N) is 4. The van der Waals surface area contributed by atoms with E-state index in [1.54, 1.807) is 11.1 Å². The van der Waals surface area contributed by atoms with Crippen molar-refractivity contribution < 1.29 is 4.90 Å². The Labute approximate surface area is 168 Å². The fourth-order valence-corrected chi connectivity index (χ4v) is 4.57. The van der Waals surface area contributed by atoms with Crippen molar-refractivity contribution in [3.05, 3.63) is 71.2 Å². The van der Waals surface area contributed by atoms with E-state index in [1.807, 2.05) is 35.7 Å². The average molecular weight is 389 g/mol. The van der Waals surface area contributed by atoms with Gasteiger partial charge in [0.05, 0.1) is 36.6 Å². The SMILES string of the molecule is c1cncc(-c2nc(N3CC[NH+](Cc4cccs4)CC3)c3ccccc3n2)c1. The van der Waals surface area contributed by atoms with Gasteiger partial charge < -0.3 is 9.80 Å². The Hall–Kier alpha value is -2.83. The van der Waals surface area contributed by atoms with Crippen LogP contribution in [0.2, 0.25) is 0 Å². The van der Waals surface area contributed by atoms with Crippen LogP contribution in [-0.2, 0) is 6.54 Å². The molecule has 0 spiro atoms. The predicted octanol–water partition coefficient (Wildman–Crippen LogP) is 2.66. The first kappa shape index (κ1) is 17.3. The van der Waals surface area contributed by atoms with Gasteiger partial charge in [-0.1, -0.05) is 18.2 Å². The highest BCUT2D eigenvalue weighted by Gasteiger charge is 2.23. The van der Waals surface area contributed by atoms with Crippen LogP contribution in [0.3, 0.4) is 0 Å². The molecule has 0 saturated carbocycles. The molecule has 0 atom stereocenters. The van der Waals surface area contributed by atoms with Crippen LogP contribution in [0.1, 0.15) is 4.88 Å². The van der Waals surface area contributed by atoms with E-state index in [2.05, 4.69) is 45.6 Å². The summed E-state index contributed by atoms with van der Waals surface area (Å²) in [4.78, 5) is 19.5. The standard InChI is InChI=1S/C22H21N5S/c1-2-8-20-19(7-1)22(25-21(24-20)17-5-3-9-23-15-17)27-12-10-26(11-13-27)16-18-6-4-14-28-18/h1-9,14-15H,10-13,16H2/p+1. The van der Waals surface area contributed by atoms with Gasteiger partial charge in [-0.25, -0.2) is 9.97 Å². The van der Waals surface area contributed by atoms with Gasteiger partial charge >= 0.3 is 0 Å². The number of quaternary nitrogens is 1. The zero-order valence-electron chi connectivity index (χ0n) is 15.6. The lowest BCUT2D eigenvalue weighted by Gasteiger charge is -2.33. The van der Waals surface area contributed by atoms with Crippen molar-refractivity contribution in [2.75, 3.05) is 31.1 Å². The summed E-state index contributed by atoms with van der Waals surface area (Å²) >= 11 is 1.85. The first-order chi connectivity index (χ1) is 13.9. The van der Waals surface area contributed by atoms with Crippen molar-refractivity contribution in [1.82, 2.24) is 15.0 Å². The second-order valence-electron chi connectivity index (χ2n) is 7.12. The summed E-state index contributed by atoms with van der Waals surface area (Å²) in [5.41, 5.74) is 1.94. The Morgan fingerprint density at radius 1 is 0.964 bits per heavy atom. The van der Waals surface area contributed by atoms with Gasteiger partial charge in [0.1, 0.15) is 12.4 Å². The molecule has 0 unspecified atom stereocenters. The number of para-hydroxylation sites is 1. The highest BCUT2D eigenvalue weighted by molar-refractivity contribution is 7.09. The first-order valence-corrected chi connectivity index (χ1v) is 10.5. The van der Waals surface area contributed by atoms with Crippen LogP contribution in [0.15, 0.2) is 66.3 Å². The van der Waals surface area contributed by atoms with Gasteiger partial charge in [0.2, 0.25) is 0 Å². The zero-order chi connectivity index (χ0) is 18.8. The Morgan fingerprint density at radius 3 is 2.64 bits per heavy atom. The molecule has 1 N–H and O–H groups in total. The van der Waals surface area contributed by atoms with E-state index in [1.165, 1.54) is 4.88 Å². The number of benzene rings is 1. The van der Waals surface area contributed by atoms with E-state index >= 15 is 0 Å². The molecule has 0 bridgehead atoms. The Balaban J connectivity index is 1.44. The van der Waals surface area contributed by atoms with Crippen LogP contribution in [0.25, 0.3) is 22.3 Å². The largest absolute Gasteiger partial charge is 0.345 e. The molecule has 1 aliphatic rings. The van der Waals surface area contributed by atoms with Crippen LogP contribution < -0.4 is 9.80 Å². The quantitative estimate of drug-likeness (QED) is 0.584. The van der Waals surface area contributed by atoms with Crippen molar-refractivity contribution in [3.63, 3.8) is 0 Å². The lowest BCUT2D eigenvalue weighted by atomic mass is 10.2. The maximum absolute atomic E-state index is 4.96. The molecule has 6 heteroatoms. The number of anilines is 1. The van der Waals surface area contributed by atoms with Crippen LogP contribution in [-0.4, -0.2) is 41.1 Å². The number of piperazine rings is 1. The number of hydrogen-bond donors (Lipinski definition) is 1. The smallest absolute Gasteiger partial charge is 0.163 e. The number of thiophene rings is 1. The molecule has 5 nitrogen and oxygen atoms in total. The Kier molecular flexibility index (Phi) is 4.72. The molecule has 1 saturated heterocycles. The molecule has 0 aliphatic carbocycles. The zero-order valence-corrected chi connectivity index (χ0v) is 16.4. The lowest BCUT2D eigenvalue weighted by molar-refractivity contribution is -0.914. The highest BCUT2D eigenvalue weighted by Crippen LogP contribution is 2.27. The number of pyridine rings is 1. The molecule has 1 aliphatic heterocycles. The molecule has 4 aromatic rings. The summed E-state index contributed by atoms with van der Waals surface area (Å²) in [6, 6.07) is 16.6. The summed E-state index contributed by atoms with van der Waals surface area (Å²) in [7, 11) is 0. The van der Waals surface area contributed by atoms with Crippen LogP contribution in [0.5, 0.6) is 0 Å². The number of rotatable bonds is 4. The van der Waals surface area contributed by atoms with Gasteiger partial charge in [-0.05, 0) is 35.7 Å².